The van der Waals surface area contributed by atoms with Crippen LogP contribution in [0.3, 0.4) is 0 Å². The number of alkyl halides is 3. The lowest BCUT2D eigenvalue weighted by atomic mass is 9.91. The Labute approximate surface area is 88.5 Å². The third-order valence-corrected chi connectivity index (χ3v) is 5.20. The van der Waals surface area contributed by atoms with E-state index in [1.165, 1.54) is 12.8 Å². The van der Waals surface area contributed by atoms with Crippen LogP contribution in [0.4, 0.5) is 0 Å². The highest BCUT2D eigenvalue weighted by Gasteiger charge is 2.24. The molecule has 0 radical (unpaired) electrons. The first kappa shape index (κ1) is 11.4. The van der Waals surface area contributed by atoms with Crippen LogP contribution >= 0.6 is 47.8 Å². The Morgan fingerprint density at radius 1 is 1.00 bits per heavy atom. The van der Waals surface area contributed by atoms with Gasteiger partial charge in [0.05, 0.1) is 0 Å². The van der Waals surface area contributed by atoms with E-state index in [0.29, 0.717) is 5.41 Å². The van der Waals surface area contributed by atoms with Gasteiger partial charge in [0.25, 0.3) is 0 Å². The van der Waals surface area contributed by atoms with Gasteiger partial charge in [-0.1, -0.05) is 61.1 Å². The molecule has 0 aliphatic carbocycles. The van der Waals surface area contributed by atoms with Crippen LogP contribution in [0.1, 0.15) is 19.8 Å². The largest absolute Gasteiger partial charge is 0.0921 e. The van der Waals surface area contributed by atoms with Gasteiger partial charge in [-0.25, -0.2) is 0 Å². The fourth-order valence-electron chi connectivity index (χ4n) is 0.838. The Morgan fingerprint density at radius 2 is 1.40 bits per heavy atom. The average Bonchev–Trinajstić information content (AvgIpc) is 2.01. The minimum atomic E-state index is 0.425. The summed E-state index contributed by atoms with van der Waals surface area (Å²) in [5.41, 5.74) is 0.425. The first-order valence-electron chi connectivity index (χ1n) is 3.42. The zero-order valence-corrected chi connectivity index (χ0v) is 10.9. The van der Waals surface area contributed by atoms with E-state index in [9.17, 15) is 0 Å². The predicted molar refractivity (Wildman–Crippen MR) is 58.7 cm³/mol. The molecule has 0 aliphatic rings. The second-order valence-corrected chi connectivity index (χ2v) is 4.33. The van der Waals surface area contributed by atoms with Crippen molar-refractivity contribution < 1.29 is 0 Å². The van der Waals surface area contributed by atoms with Gasteiger partial charge in [-0.2, -0.15) is 0 Å². The zero-order chi connectivity index (χ0) is 8.04. The number of rotatable bonds is 5. The van der Waals surface area contributed by atoms with Crippen LogP contribution in [0.15, 0.2) is 0 Å². The predicted octanol–water partition coefficient (Wildman–Crippen LogP) is 3.96. The molecule has 0 aromatic carbocycles. The van der Waals surface area contributed by atoms with Crippen LogP contribution < -0.4 is 0 Å². The summed E-state index contributed by atoms with van der Waals surface area (Å²) in [6, 6.07) is 0. The Kier molecular flexibility index (Phi) is 6.88. The van der Waals surface area contributed by atoms with Gasteiger partial charge >= 0.3 is 0 Å². The van der Waals surface area contributed by atoms with Crippen molar-refractivity contribution in [3.8, 4) is 0 Å². The molecule has 3 heteroatoms. The van der Waals surface area contributed by atoms with Gasteiger partial charge in [0.2, 0.25) is 0 Å². The third-order valence-electron chi connectivity index (χ3n) is 1.63. The average molecular weight is 337 g/mol. The van der Waals surface area contributed by atoms with Crippen molar-refractivity contribution in [1.29, 1.82) is 0 Å². The van der Waals surface area contributed by atoms with Gasteiger partial charge in [0.15, 0.2) is 0 Å². The summed E-state index contributed by atoms with van der Waals surface area (Å²) in [4.78, 5) is 0. The van der Waals surface area contributed by atoms with E-state index in [2.05, 4.69) is 54.7 Å². The van der Waals surface area contributed by atoms with Gasteiger partial charge in [-0.15, -0.1) is 0 Å². The van der Waals surface area contributed by atoms with Gasteiger partial charge in [0.1, 0.15) is 0 Å². The molecule has 0 amide bonds. The molecular formula is C7H13Br3. The van der Waals surface area contributed by atoms with E-state index in [-0.39, 0.29) is 0 Å². The van der Waals surface area contributed by atoms with Crippen molar-refractivity contribution in [3.05, 3.63) is 0 Å². The topological polar surface area (TPSA) is 0 Å². The van der Waals surface area contributed by atoms with Gasteiger partial charge in [0, 0.05) is 16.0 Å². The molecule has 0 heterocycles. The lowest BCUT2D eigenvalue weighted by Gasteiger charge is -2.26. The molecule has 0 spiro atoms. The molecule has 62 valence electrons. The fraction of sp³-hybridized carbons (Fsp3) is 1.00. The Bertz CT molecular complexity index is 70.7. The highest BCUT2D eigenvalue weighted by atomic mass is 79.9. The maximum Gasteiger partial charge on any atom is 0.0104 e. The van der Waals surface area contributed by atoms with Crippen molar-refractivity contribution >= 4 is 47.8 Å². The standard InChI is InChI=1S/C7H13Br3/c1-2-3-7(4-8,5-9)6-10/h2-6H2,1H3. The first-order chi connectivity index (χ1) is 4.74. The van der Waals surface area contributed by atoms with E-state index in [1.54, 1.807) is 0 Å². The van der Waals surface area contributed by atoms with E-state index in [4.69, 9.17) is 0 Å². The molecule has 10 heavy (non-hydrogen) atoms. The summed E-state index contributed by atoms with van der Waals surface area (Å²) in [6.07, 6.45) is 2.53. The van der Waals surface area contributed by atoms with Crippen LogP contribution in [0.2, 0.25) is 0 Å². The van der Waals surface area contributed by atoms with E-state index in [0.717, 1.165) is 16.0 Å². The lowest BCUT2D eigenvalue weighted by Crippen LogP contribution is -2.26. The number of halogens is 3. The van der Waals surface area contributed by atoms with Crippen molar-refractivity contribution in [2.75, 3.05) is 16.0 Å². The number of hydrogen-bond donors (Lipinski definition) is 0. The van der Waals surface area contributed by atoms with Gasteiger partial charge < -0.3 is 0 Å². The minimum Gasteiger partial charge on any atom is -0.0921 e. The maximum atomic E-state index is 3.53. The summed E-state index contributed by atoms with van der Waals surface area (Å²) in [5, 5.41) is 3.22. The molecule has 0 unspecified atom stereocenters. The Morgan fingerprint density at radius 3 is 1.50 bits per heavy atom. The van der Waals surface area contributed by atoms with E-state index < -0.39 is 0 Å². The summed E-state index contributed by atoms with van der Waals surface area (Å²) >= 11 is 10.6. The summed E-state index contributed by atoms with van der Waals surface area (Å²) in [5.74, 6) is 0. The molecule has 0 rings (SSSR count). The SMILES string of the molecule is CCCC(CBr)(CBr)CBr. The van der Waals surface area contributed by atoms with Crippen LogP contribution in [0.5, 0.6) is 0 Å². The monoisotopic (exact) mass is 334 g/mol. The summed E-state index contributed by atoms with van der Waals surface area (Å²) < 4.78 is 0. The van der Waals surface area contributed by atoms with Gasteiger partial charge in [-0.3, -0.25) is 0 Å². The molecule has 0 aromatic heterocycles. The minimum absolute atomic E-state index is 0.425. The van der Waals surface area contributed by atoms with Crippen molar-refractivity contribution in [1.82, 2.24) is 0 Å². The highest BCUT2D eigenvalue weighted by molar-refractivity contribution is 9.10. The van der Waals surface area contributed by atoms with E-state index in [1.807, 2.05) is 0 Å². The normalized spacial score (nSPS) is 12.0. The second-order valence-electron chi connectivity index (χ2n) is 2.65. The fourth-order valence-corrected chi connectivity index (χ4v) is 4.46. The molecule has 0 saturated carbocycles. The lowest BCUT2D eigenvalue weighted by molar-refractivity contribution is 0.410. The Hall–Kier alpha value is 1.44. The molecule has 0 aliphatic heterocycles. The molecule has 0 nitrogen and oxygen atoms in total. The van der Waals surface area contributed by atoms with Crippen LogP contribution in [0.25, 0.3) is 0 Å². The summed E-state index contributed by atoms with van der Waals surface area (Å²) in [7, 11) is 0. The highest BCUT2D eigenvalue weighted by Crippen LogP contribution is 2.30. The quantitative estimate of drug-likeness (QED) is 0.667. The van der Waals surface area contributed by atoms with E-state index >= 15 is 0 Å². The van der Waals surface area contributed by atoms with Crippen molar-refractivity contribution in [2.24, 2.45) is 5.41 Å². The van der Waals surface area contributed by atoms with Crippen molar-refractivity contribution in [3.63, 3.8) is 0 Å². The molecule has 0 aromatic rings. The van der Waals surface area contributed by atoms with Crippen molar-refractivity contribution in [2.45, 2.75) is 19.8 Å². The second kappa shape index (κ2) is 6.01. The van der Waals surface area contributed by atoms with Crippen LogP contribution in [-0.4, -0.2) is 16.0 Å². The number of hydrogen-bond acceptors (Lipinski definition) is 0. The molecule has 0 fully saturated rings. The third kappa shape index (κ3) is 3.22. The maximum absolute atomic E-state index is 3.53. The van der Waals surface area contributed by atoms with Crippen LogP contribution in [0, 0.1) is 5.41 Å². The molecular weight excluding hydrogens is 324 g/mol. The Balaban J connectivity index is 3.87. The molecule has 0 bridgehead atoms. The molecule has 0 N–H and O–H groups in total. The van der Waals surface area contributed by atoms with Gasteiger partial charge in [-0.05, 0) is 11.8 Å². The van der Waals surface area contributed by atoms with Crippen LogP contribution in [-0.2, 0) is 0 Å². The summed E-state index contributed by atoms with van der Waals surface area (Å²) in [6.45, 7) is 2.22. The first-order valence-corrected chi connectivity index (χ1v) is 6.79. The smallest absolute Gasteiger partial charge is 0.0104 e. The molecule has 0 atom stereocenters. The molecule has 0 saturated heterocycles. The zero-order valence-electron chi connectivity index (χ0n) is 6.17.